The van der Waals surface area contributed by atoms with E-state index in [1.54, 1.807) is 67.8 Å². The molecule has 2 aromatic carbocycles. The maximum Gasteiger partial charge on any atom is 0.237 e. The summed E-state index contributed by atoms with van der Waals surface area (Å²) in [6.45, 7) is 1.75. The van der Waals surface area contributed by atoms with Crippen LogP contribution in [0.25, 0.3) is 0 Å². The van der Waals surface area contributed by atoms with Gasteiger partial charge in [-0.3, -0.25) is 14.4 Å². The minimum atomic E-state index is -0.434. The van der Waals surface area contributed by atoms with E-state index in [0.29, 0.717) is 33.1 Å². The van der Waals surface area contributed by atoms with Gasteiger partial charge >= 0.3 is 0 Å². The Morgan fingerprint density at radius 2 is 1.50 bits per heavy atom. The Morgan fingerprint density at radius 3 is 2.18 bits per heavy atom. The zero-order valence-corrected chi connectivity index (χ0v) is 15.7. The van der Waals surface area contributed by atoms with Crippen molar-refractivity contribution in [3.8, 4) is 0 Å². The summed E-state index contributed by atoms with van der Waals surface area (Å²) in [6.07, 6.45) is 3.23. The molecule has 0 bridgehead atoms. The summed E-state index contributed by atoms with van der Waals surface area (Å²) in [5, 5.41) is 2.87. The number of nitrogens with zero attached hydrogens (tertiary/aromatic N) is 2. The normalized spacial score (nSPS) is 13.5. The van der Waals surface area contributed by atoms with Gasteiger partial charge < -0.3 is 5.32 Å². The molecule has 0 spiro atoms. The van der Waals surface area contributed by atoms with Crippen molar-refractivity contribution in [1.82, 2.24) is 9.97 Å². The molecular weight excluding hydrogens is 374 g/mol. The van der Waals surface area contributed by atoms with Crippen LogP contribution in [0.3, 0.4) is 0 Å². The fourth-order valence-corrected chi connectivity index (χ4v) is 3.70. The zero-order valence-electron chi connectivity index (χ0n) is 14.9. The van der Waals surface area contributed by atoms with Crippen LogP contribution < -0.4 is 5.32 Å². The SMILES string of the molecule is C[C@@H](Sc1ncccn1)C(=O)Nc1ccc2c(c1)C(=O)c1ccccc1C2=O. The van der Waals surface area contributed by atoms with Crippen molar-refractivity contribution in [3.05, 3.63) is 83.2 Å². The molecule has 0 fully saturated rings. The quantitative estimate of drug-likeness (QED) is 0.425. The molecule has 1 aliphatic rings. The van der Waals surface area contributed by atoms with Crippen molar-refractivity contribution in [1.29, 1.82) is 0 Å². The predicted octanol–water partition coefficient (Wildman–Crippen LogP) is 3.37. The molecule has 138 valence electrons. The van der Waals surface area contributed by atoms with Gasteiger partial charge in [0.25, 0.3) is 0 Å². The summed E-state index contributed by atoms with van der Waals surface area (Å²) < 4.78 is 0. The monoisotopic (exact) mass is 389 g/mol. The van der Waals surface area contributed by atoms with E-state index in [-0.39, 0.29) is 17.5 Å². The van der Waals surface area contributed by atoms with Gasteiger partial charge in [-0.2, -0.15) is 0 Å². The lowest BCUT2D eigenvalue weighted by Gasteiger charge is -2.18. The van der Waals surface area contributed by atoms with Crippen molar-refractivity contribution >= 4 is 34.9 Å². The highest BCUT2D eigenvalue weighted by Gasteiger charge is 2.29. The van der Waals surface area contributed by atoms with Gasteiger partial charge in [-0.05, 0) is 31.2 Å². The molecular formula is C21H15N3O3S. The summed E-state index contributed by atoms with van der Waals surface area (Å²) in [6, 6.07) is 13.2. The minimum absolute atomic E-state index is 0.187. The maximum absolute atomic E-state index is 12.8. The Labute approximate surface area is 165 Å². The molecule has 28 heavy (non-hydrogen) atoms. The smallest absolute Gasteiger partial charge is 0.237 e. The van der Waals surface area contributed by atoms with Crippen LogP contribution in [0.1, 0.15) is 38.8 Å². The van der Waals surface area contributed by atoms with Crippen molar-refractivity contribution in [2.24, 2.45) is 0 Å². The third-order valence-electron chi connectivity index (χ3n) is 4.39. The van der Waals surface area contributed by atoms with Crippen LogP contribution in [0.5, 0.6) is 0 Å². The van der Waals surface area contributed by atoms with E-state index in [4.69, 9.17) is 0 Å². The molecule has 3 aromatic rings. The third kappa shape index (κ3) is 3.32. The number of carbonyl (C=O) groups is 3. The van der Waals surface area contributed by atoms with Crippen molar-refractivity contribution in [3.63, 3.8) is 0 Å². The number of carbonyl (C=O) groups excluding carboxylic acids is 3. The lowest BCUT2D eigenvalue weighted by Crippen LogP contribution is -2.24. The number of aromatic nitrogens is 2. The highest BCUT2D eigenvalue weighted by Crippen LogP contribution is 2.29. The van der Waals surface area contributed by atoms with Crippen molar-refractivity contribution in [2.45, 2.75) is 17.3 Å². The van der Waals surface area contributed by atoms with Crippen LogP contribution >= 0.6 is 11.8 Å². The number of hydrogen-bond acceptors (Lipinski definition) is 6. The number of anilines is 1. The highest BCUT2D eigenvalue weighted by molar-refractivity contribution is 8.00. The molecule has 1 amide bonds. The highest BCUT2D eigenvalue weighted by atomic mass is 32.2. The van der Waals surface area contributed by atoms with Crippen LogP contribution in [-0.4, -0.2) is 32.7 Å². The number of benzene rings is 2. The van der Waals surface area contributed by atoms with Gasteiger partial charge in [-0.15, -0.1) is 0 Å². The Morgan fingerprint density at radius 1 is 0.893 bits per heavy atom. The van der Waals surface area contributed by atoms with E-state index in [0.717, 1.165) is 0 Å². The summed E-state index contributed by atoms with van der Waals surface area (Å²) in [5.41, 5.74) is 1.90. The molecule has 1 aromatic heterocycles. The summed E-state index contributed by atoms with van der Waals surface area (Å²) in [7, 11) is 0. The molecule has 7 heteroatoms. The summed E-state index contributed by atoms with van der Waals surface area (Å²) >= 11 is 1.24. The first kappa shape index (κ1) is 18.1. The number of hydrogen-bond donors (Lipinski definition) is 1. The second kappa shape index (κ2) is 7.36. The number of thioether (sulfide) groups is 1. The Balaban J connectivity index is 1.55. The second-order valence-electron chi connectivity index (χ2n) is 6.24. The van der Waals surface area contributed by atoms with E-state index < -0.39 is 5.25 Å². The number of nitrogens with one attached hydrogen (secondary N) is 1. The van der Waals surface area contributed by atoms with E-state index >= 15 is 0 Å². The molecule has 0 aliphatic heterocycles. The van der Waals surface area contributed by atoms with Gasteiger partial charge in [-0.25, -0.2) is 9.97 Å². The number of fused-ring (bicyclic) bond motifs is 2. The van der Waals surface area contributed by atoms with Gasteiger partial charge in [0.15, 0.2) is 16.7 Å². The van der Waals surface area contributed by atoms with Crippen LogP contribution in [0, 0.1) is 0 Å². The molecule has 4 rings (SSSR count). The van der Waals surface area contributed by atoms with Crippen LogP contribution in [0.15, 0.2) is 66.1 Å². The molecule has 0 unspecified atom stereocenters. The maximum atomic E-state index is 12.8. The molecule has 1 atom stereocenters. The first-order valence-electron chi connectivity index (χ1n) is 8.61. The van der Waals surface area contributed by atoms with Gasteiger partial charge in [0.2, 0.25) is 5.91 Å². The standard InChI is InChI=1S/C21H15N3O3S/c1-12(28-21-22-9-4-10-23-21)20(27)24-13-7-8-16-17(11-13)19(26)15-6-3-2-5-14(15)18(16)25/h2-12H,1H3,(H,24,27)/t12-/m1/s1. The Kier molecular flexibility index (Phi) is 4.75. The molecule has 1 heterocycles. The summed E-state index contributed by atoms with van der Waals surface area (Å²) in [5.74, 6) is -0.651. The molecule has 1 N–H and O–H groups in total. The Hall–Kier alpha value is -3.32. The first-order valence-corrected chi connectivity index (χ1v) is 9.49. The van der Waals surface area contributed by atoms with Crippen LogP contribution in [0.2, 0.25) is 0 Å². The van der Waals surface area contributed by atoms with Gasteiger partial charge in [0.1, 0.15) is 0 Å². The number of ketones is 2. The fraction of sp³-hybridized carbons (Fsp3) is 0.0952. The van der Waals surface area contributed by atoms with Gasteiger partial charge in [0, 0.05) is 40.3 Å². The molecule has 0 radical (unpaired) electrons. The lowest BCUT2D eigenvalue weighted by atomic mass is 9.84. The average molecular weight is 389 g/mol. The topological polar surface area (TPSA) is 89.0 Å². The first-order chi connectivity index (χ1) is 13.5. The van der Waals surface area contributed by atoms with Crippen LogP contribution in [0.4, 0.5) is 5.69 Å². The van der Waals surface area contributed by atoms with Crippen LogP contribution in [-0.2, 0) is 4.79 Å². The molecule has 0 saturated heterocycles. The van der Waals surface area contributed by atoms with E-state index in [9.17, 15) is 14.4 Å². The molecule has 6 nitrogen and oxygen atoms in total. The summed E-state index contributed by atoms with van der Waals surface area (Å²) in [4.78, 5) is 46.1. The average Bonchev–Trinajstić information content (AvgIpc) is 2.72. The largest absolute Gasteiger partial charge is 0.325 e. The zero-order chi connectivity index (χ0) is 19.7. The predicted molar refractivity (Wildman–Crippen MR) is 106 cm³/mol. The van der Waals surface area contributed by atoms with Gasteiger partial charge in [-0.1, -0.05) is 36.0 Å². The molecule has 1 aliphatic carbocycles. The van der Waals surface area contributed by atoms with E-state index in [1.807, 2.05) is 0 Å². The third-order valence-corrected chi connectivity index (χ3v) is 5.38. The number of amides is 1. The van der Waals surface area contributed by atoms with Gasteiger partial charge in [0.05, 0.1) is 5.25 Å². The van der Waals surface area contributed by atoms with E-state index in [1.165, 1.54) is 11.8 Å². The second-order valence-corrected chi connectivity index (χ2v) is 7.55. The number of rotatable bonds is 4. The Bertz CT molecular complexity index is 1100. The fourth-order valence-electron chi connectivity index (χ4n) is 2.98. The van der Waals surface area contributed by atoms with Crippen molar-refractivity contribution < 1.29 is 14.4 Å². The lowest BCUT2D eigenvalue weighted by molar-refractivity contribution is -0.115. The molecule has 0 saturated carbocycles. The minimum Gasteiger partial charge on any atom is -0.325 e. The van der Waals surface area contributed by atoms with E-state index in [2.05, 4.69) is 15.3 Å². The van der Waals surface area contributed by atoms with Crippen molar-refractivity contribution in [2.75, 3.05) is 5.32 Å².